The fraction of sp³-hybridized carbons (Fsp3) is 0.0435. The van der Waals surface area contributed by atoms with Crippen molar-refractivity contribution in [3.8, 4) is 11.1 Å². The Kier molecular flexibility index (Phi) is 6.22. The molecule has 3 heteroatoms. The number of para-hydroxylation sites is 2. The first kappa shape index (κ1) is 27.9. The molecule has 2 nitrogen and oxygen atoms in total. The van der Waals surface area contributed by atoms with Crippen LogP contribution in [0, 0.1) is 5.82 Å². The van der Waals surface area contributed by atoms with Crippen LogP contribution < -0.4 is 9.80 Å². The summed E-state index contributed by atoms with van der Waals surface area (Å²) >= 11 is 0. The minimum atomic E-state index is -0.268. The highest BCUT2D eigenvalue weighted by Gasteiger charge is 2.25. The summed E-state index contributed by atoms with van der Waals surface area (Å²) in [6.07, 6.45) is 1.04. The second-order valence-electron chi connectivity index (χ2n) is 13.0. The molecule has 0 aliphatic carbocycles. The number of nitrogens with zero attached hydrogens (tertiary/aromatic N) is 2. The molecule has 0 atom stereocenters. The van der Waals surface area contributed by atoms with Crippen molar-refractivity contribution in [3.05, 3.63) is 175 Å². The first-order valence-electron chi connectivity index (χ1n) is 16.9. The van der Waals surface area contributed by atoms with Gasteiger partial charge in [-0.3, -0.25) is 0 Å². The first-order valence-corrected chi connectivity index (χ1v) is 16.9. The fourth-order valence-electron chi connectivity index (χ4n) is 8.01. The standard InChI is InChI=1S/C46H31FN2/c47-40-29-36(35-15-14-30-8-4-5-10-34(30)28-35)20-25-44(40)49(37-11-2-1-3-12-37)43-24-19-33-16-21-38-42(48-27-26-31-9-6-7-13-41(31)48)23-18-32-17-22-39(43)46(33)45(32)38/h1-25,28-29H,26-27H2. The summed E-state index contributed by atoms with van der Waals surface area (Å²) in [5, 5.41) is 9.48. The normalized spacial score (nSPS) is 12.8. The third-order valence-corrected chi connectivity index (χ3v) is 10.3. The summed E-state index contributed by atoms with van der Waals surface area (Å²) < 4.78 is 16.6. The van der Waals surface area contributed by atoms with E-state index in [-0.39, 0.29) is 5.82 Å². The lowest BCUT2D eigenvalue weighted by Gasteiger charge is -2.28. The molecule has 0 saturated carbocycles. The molecule has 0 amide bonds. The number of fused-ring (bicyclic) bond motifs is 2. The van der Waals surface area contributed by atoms with Crippen LogP contribution in [0.5, 0.6) is 0 Å². The summed E-state index contributed by atoms with van der Waals surface area (Å²) in [7, 11) is 0. The smallest absolute Gasteiger partial charge is 0.147 e. The van der Waals surface area contributed by atoms with Gasteiger partial charge in [0.2, 0.25) is 0 Å². The molecule has 0 aromatic heterocycles. The molecule has 10 rings (SSSR count). The van der Waals surface area contributed by atoms with Crippen molar-refractivity contribution in [2.75, 3.05) is 16.3 Å². The molecule has 9 aromatic carbocycles. The van der Waals surface area contributed by atoms with Crippen molar-refractivity contribution in [1.29, 1.82) is 0 Å². The van der Waals surface area contributed by atoms with Gasteiger partial charge >= 0.3 is 0 Å². The lowest BCUT2D eigenvalue weighted by molar-refractivity contribution is 0.629. The molecule has 0 radical (unpaired) electrons. The molecule has 0 unspecified atom stereocenters. The number of rotatable bonds is 5. The Morgan fingerprint density at radius 2 is 1.10 bits per heavy atom. The zero-order chi connectivity index (χ0) is 32.5. The summed E-state index contributed by atoms with van der Waals surface area (Å²) in [5.74, 6) is -0.268. The van der Waals surface area contributed by atoms with Crippen molar-refractivity contribution >= 4 is 71.5 Å². The SMILES string of the molecule is Fc1cc(-c2ccc3ccccc3c2)ccc1N(c1ccccc1)c1ccc2ccc3c(N4CCc5ccccc54)ccc4ccc1c2c43. The van der Waals surface area contributed by atoms with E-state index < -0.39 is 0 Å². The van der Waals surface area contributed by atoms with Crippen LogP contribution in [-0.2, 0) is 6.42 Å². The minimum absolute atomic E-state index is 0.268. The monoisotopic (exact) mass is 630 g/mol. The summed E-state index contributed by atoms with van der Waals surface area (Å²) in [5.41, 5.74) is 8.12. The summed E-state index contributed by atoms with van der Waals surface area (Å²) in [4.78, 5) is 4.54. The highest BCUT2D eigenvalue weighted by molar-refractivity contribution is 6.28. The van der Waals surface area contributed by atoms with E-state index in [9.17, 15) is 0 Å². The zero-order valence-corrected chi connectivity index (χ0v) is 26.8. The topological polar surface area (TPSA) is 6.48 Å². The van der Waals surface area contributed by atoms with Gasteiger partial charge in [0, 0.05) is 34.4 Å². The first-order chi connectivity index (χ1) is 24.2. The molecule has 1 heterocycles. The highest BCUT2D eigenvalue weighted by Crippen LogP contribution is 2.47. The molecule has 9 aromatic rings. The van der Waals surface area contributed by atoms with Gasteiger partial charge in [-0.2, -0.15) is 0 Å². The predicted molar refractivity (Wildman–Crippen MR) is 205 cm³/mol. The minimum Gasteiger partial charge on any atom is -0.340 e. The molecule has 0 fully saturated rings. The number of hydrogen-bond acceptors (Lipinski definition) is 2. The Balaban J connectivity index is 1.16. The average Bonchev–Trinajstić information content (AvgIpc) is 3.59. The van der Waals surface area contributed by atoms with Crippen molar-refractivity contribution in [2.45, 2.75) is 6.42 Å². The molecule has 232 valence electrons. The van der Waals surface area contributed by atoms with E-state index in [1.54, 1.807) is 6.07 Å². The van der Waals surface area contributed by atoms with Gasteiger partial charge in [-0.15, -0.1) is 0 Å². The molecule has 0 bridgehead atoms. The van der Waals surface area contributed by atoms with Crippen molar-refractivity contribution in [2.24, 2.45) is 0 Å². The van der Waals surface area contributed by atoms with Crippen LogP contribution in [0.15, 0.2) is 164 Å². The van der Waals surface area contributed by atoms with E-state index in [4.69, 9.17) is 0 Å². The van der Waals surface area contributed by atoms with Crippen molar-refractivity contribution < 1.29 is 4.39 Å². The Morgan fingerprint density at radius 3 is 1.96 bits per heavy atom. The van der Waals surface area contributed by atoms with Gasteiger partial charge in [-0.1, -0.05) is 115 Å². The molecule has 0 saturated heterocycles. The third kappa shape index (κ3) is 4.39. The van der Waals surface area contributed by atoms with Gasteiger partial charge in [-0.05, 0) is 104 Å². The second-order valence-corrected chi connectivity index (χ2v) is 13.0. The van der Waals surface area contributed by atoms with Crippen molar-refractivity contribution in [3.63, 3.8) is 0 Å². The predicted octanol–water partition coefficient (Wildman–Crippen LogP) is 12.7. The van der Waals surface area contributed by atoms with E-state index in [0.29, 0.717) is 5.69 Å². The largest absolute Gasteiger partial charge is 0.340 e. The fourth-order valence-corrected chi connectivity index (χ4v) is 8.01. The Labute approximate surface area is 284 Å². The maximum absolute atomic E-state index is 16.6. The number of halogens is 1. The number of hydrogen-bond donors (Lipinski definition) is 0. The molecular formula is C46H31FN2. The van der Waals surface area contributed by atoms with Crippen LogP contribution in [0.4, 0.5) is 32.8 Å². The van der Waals surface area contributed by atoms with Crippen LogP contribution in [0.2, 0.25) is 0 Å². The lowest BCUT2D eigenvalue weighted by Crippen LogP contribution is -2.14. The molecular weight excluding hydrogens is 600 g/mol. The van der Waals surface area contributed by atoms with E-state index in [0.717, 1.165) is 46.2 Å². The maximum atomic E-state index is 16.6. The van der Waals surface area contributed by atoms with E-state index in [1.165, 1.54) is 49.3 Å². The van der Waals surface area contributed by atoms with Gasteiger partial charge in [0.15, 0.2) is 0 Å². The van der Waals surface area contributed by atoms with Gasteiger partial charge in [0.05, 0.1) is 11.4 Å². The van der Waals surface area contributed by atoms with Crippen LogP contribution in [0.25, 0.3) is 54.2 Å². The van der Waals surface area contributed by atoms with E-state index in [2.05, 4.69) is 125 Å². The third-order valence-electron chi connectivity index (χ3n) is 10.3. The van der Waals surface area contributed by atoms with Gasteiger partial charge in [0.1, 0.15) is 5.82 Å². The summed E-state index contributed by atoms with van der Waals surface area (Å²) in [6.45, 7) is 0.963. The van der Waals surface area contributed by atoms with Gasteiger partial charge in [-0.25, -0.2) is 4.39 Å². The van der Waals surface area contributed by atoms with Gasteiger partial charge < -0.3 is 9.80 Å². The number of anilines is 5. The Bertz CT molecular complexity index is 2700. The Hall–Kier alpha value is -6.19. The average molecular weight is 631 g/mol. The molecule has 1 aliphatic heterocycles. The lowest BCUT2D eigenvalue weighted by atomic mass is 9.92. The van der Waals surface area contributed by atoms with Gasteiger partial charge in [0.25, 0.3) is 0 Å². The number of benzene rings is 9. The van der Waals surface area contributed by atoms with Crippen LogP contribution in [0.3, 0.4) is 0 Å². The van der Waals surface area contributed by atoms with E-state index in [1.807, 2.05) is 42.5 Å². The molecule has 0 spiro atoms. The second kappa shape index (κ2) is 10.9. The maximum Gasteiger partial charge on any atom is 0.147 e. The van der Waals surface area contributed by atoms with Crippen LogP contribution in [-0.4, -0.2) is 6.54 Å². The van der Waals surface area contributed by atoms with Crippen molar-refractivity contribution in [1.82, 2.24) is 0 Å². The molecule has 1 aliphatic rings. The highest BCUT2D eigenvalue weighted by atomic mass is 19.1. The van der Waals surface area contributed by atoms with Crippen LogP contribution in [0.1, 0.15) is 5.56 Å². The molecule has 0 N–H and O–H groups in total. The molecule has 49 heavy (non-hydrogen) atoms. The zero-order valence-electron chi connectivity index (χ0n) is 26.8. The Morgan fingerprint density at radius 1 is 0.469 bits per heavy atom. The quantitative estimate of drug-likeness (QED) is 0.175. The van der Waals surface area contributed by atoms with Crippen LogP contribution >= 0.6 is 0 Å². The summed E-state index contributed by atoms with van der Waals surface area (Å²) in [6, 6.07) is 56.9. The van der Waals surface area contributed by atoms with E-state index >= 15 is 4.39 Å².